The second-order valence-electron chi connectivity index (χ2n) is 5.04. The molecule has 2 rings (SSSR count). The van der Waals surface area contributed by atoms with Gasteiger partial charge in [0.25, 0.3) is 5.91 Å². The second kappa shape index (κ2) is 6.14. The van der Waals surface area contributed by atoms with Crippen LogP contribution in [0, 0.1) is 5.92 Å². The Morgan fingerprint density at radius 1 is 1.53 bits per heavy atom. The number of hydrazone groups is 1. The summed E-state index contributed by atoms with van der Waals surface area (Å²) < 4.78 is 5.34. The second-order valence-corrected chi connectivity index (χ2v) is 5.04. The number of carbonyl (C=O) groups is 2. The van der Waals surface area contributed by atoms with Crippen LogP contribution in [0.25, 0.3) is 0 Å². The van der Waals surface area contributed by atoms with Crippen molar-refractivity contribution in [3.8, 4) is 0 Å². The van der Waals surface area contributed by atoms with E-state index in [0.717, 1.165) is 19.6 Å². The third kappa shape index (κ3) is 3.32. The Kier molecular flexibility index (Phi) is 4.52. The predicted octanol–water partition coefficient (Wildman–Crippen LogP) is 0.480. The van der Waals surface area contributed by atoms with E-state index in [0.29, 0.717) is 37.6 Å². The van der Waals surface area contributed by atoms with E-state index in [1.807, 2.05) is 11.8 Å². The summed E-state index contributed by atoms with van der Waals surface area (Å²) in [7, 11) is 1.59. The Bertz CT molecular complexity index is 389. The largest absolute Gasteiger partial charge is 0.381 e. The van der Waals surface area contributed by atoms with Crippen molar-refractivity contribution in [2.45, 2.75) is 26.2 Å². The van der Waals surface area contributed by atoms with Crippen molar-refractivity contribution in [3.63, 3.8) is 0 Å². The normalized spacial score (nSPS) is 23.5. The zero-order chi connectivity index (χ0) is 13.8. The van der Waals surface area contributed by atoms with Gasteiger partial charge in [-0.3, -0.25) is 9.59 Å². The lowest BCUT2D eigenvalue weighted by Gasteiger charge is -2.26. The minimum absolute atomic E-state index is 0.0382. The van der Waals surface area contributed by atoms with Gasteiger partial charge in [-0.05, 0) is 13.3 Å². The first kappa shape index (κ1) is 14.0. The smallest absolute Gasteiger partial charge is 0.270 e. The van der Waals surface area contributed by atoms with Crippen molar-refractivity contribution in [2.75, 3.05) is 33.4 Å². The van der Waals surface area contributed by atoms with Crippen molar-refractivity contribution >= 4 is 17.5 Å². The first-order chi connectivity index (χ1) is 9.11. The molecule has 0 aromatic rings. The Balaban J connectivity index is 1.99. The lowest BCUT2D eigenvalue weighted by Crippen LogP contribution is -2.42. The maximum absolute atomic E-state index is 12.4. The van der Waals surface area contributed by atoms with Crippen LogP contribution in [0.1, 0.15) is 26.2 Å². The molecule has 6 nitrogen and oxygen atoms in total. The van der Waals surface area contributed by atoms with E-state index in [-0.39, 0.29) is 11.8 Å². The molecule has 19 heavy (non-hydrogen) atoms. The summed E-state index contributed by atoms with van der Waals surface area (Å²) in [5.41, 5.74) is 0.489. The third-order valence-corrected chi connectivity index (χ3v) is 3.63. The van der Waals surface area contributed by atoms with Gasteiger partial charge in [0, 0.05) is 45.5 Å². The molecule has 6 heteroatoms. The monoisotopic (exact) mass is 267 g/mol. The zero-order valence-electron chi connectivity index (χ0n) is 11.6. The molecule has 106 valence electrons. The minimum atomic E-state index is -0.0475. The van der Waals surface area contributed by atoms with E-state index >= 15 is 0 Å². The lowest BCUT2D eigenvalue weighted by molar-refractivity contribution is -0.130. The summed E-state index contributed by atoms with van der Waals surface area (Å²) >= 11 is 0. The number of hydrogen-bond acceptors (Lipinski definition) is 4. The molecule has 2 heterocycles. The first-order valence-electron chi connectivity index (χ1n) is 6.83. The number of carbonyl (C=O) groups excluding carboxylic acids is 2. The Labute approximate surface area is 113 Å². The Hall–Kier alpha value is -1.43. The summed E-state index contributed by atoms with van der Waals surface area (Å²) in [5, 5.41) is 5.35. The van der Waals surface area contributed by atoms with E-state index < -0.39 is 0 Å². The van der Waals surface area contributed by atoms with Crippen LogP contribution in [0.4, 0.5) is 0 Å². The van der Waals surface area contributed by atoms with Gasteiger partial charge >= 0.3 is 0 Å². The molecule has 0 aliphatic carbocycles. The number of rotatable bonds is 4. The number of ether oxygens (including phenoxy) is 1. The molecule has 0 spiro atoms. The summed E-state index contributed by atoms with van der Waals surface area (Å²) in [6, 6.07) is 0. The summed E-state index contributed by atoms with van der Waals surface area (Å²) in [5.74, 6) is 0.338. The summed E-state index contributed by atoms with van der Waals surface area (Å²) in [4.78, 5) is 25.6. The van der Waals surface area contributed by atoms with Crippen molar-refractivity contribution in [2.24, 2.45) is 11.0 Å². The van der Waals surface area contributed by atoms with Crippen molar-refractivity contribution in [1.82, 2.24) is 9.91 Å². The van der Waals surface area contributed by atoms with E-state index in [9.17, 15) is 9.59 Å². The average molecular weight is 267 g/mol. The molecular formula is C13H21N3O3. The van der Waals surface area contributed by atoms with E-state index in [4.69, 9.17) is 4.74 Å². The summed E-state index contributed by atoms with van der Waals surface area (Å²) in [6.45, 7) is 4.85. The fraction of sp³-hybridized carbons (Fsp3) is 0.769. The van der Waals surface area contributed by atoms with Gasteiger partial charge in [0.05, 0.1) is 6.61 Å². The van der Waals surface area contributed by atoms with Crippen LogP contribution in [0.2, 0.25) is 0 Å². The highest BCUT2D eigenvalue weighted by Crippen LogP contribution is 2.15. The van der Waals surface area contributed by atoms with Gasteiger partial charge in [-0.2, -0.15) is 5.10 Å². The van der Waals surface area contributed by atoms with Gasteiger partial charge in [-0.15, -0.1) is 0 Å². The van der Waals surface area contributed by atoms with Gasteiger partial charge in [-0.25, -0.2) is 5.01 Å². The highest BCUT2D eigenvalue weighted by atomic mass is 16.5. The predicted molar refractivity (Wildman–Crippen MR) is 70.6 cm³/mol. The minimum Gasteiger partial charge on any atom is -0.381 e. The molecule has 0 radical (unpaired) electrons. The van der Waals surface area contributed by atoms with Gasteiger partial charge in [0.15, 0.2) is 0 Å². The van der Waals surface area contributed by atoms with Gasteiger partial charge in [0.1, 0.15) is 5.71 Å². The van der Waals surface area contributed by atoms with Crippen molar-refractivity contribution < 1.29 is 14.3 Å². The van der Waals surface area contributed by atoms with Gasteiger partial charge in [0.2, 0.25) is 5.91 Å². The topological polar surface area (TPSA) is 62.2 Å². The molecule has 1 saturated heterocycles. The van der Waals surface area contributed by atoms with Crippen LogP contribution in [-0.4, -0.2) is 60.8 Å². The lowest BCUT2D eigenvalue weighted by atomic mass is 10.1. The zero-order valence-corrected chi connectivity index (χ0v) is 11.6. The molecule has 0 aromatic heterocycles. The van der Waals surface area contributed by atoms with Crippen LogP contribution in [-0.2, 0) is 14.3 Å². The van der Waals surface area contributed by atoms with Gasteiger partial charge in [-0.1, -0.05) is 0 Å². The van der Waals surface area contributed by atoms with Crippen molar-refractivity contribution in [3.05, 3.63) is 0 Å². The van der Waals surface area contributed by atoms with Crippen LogP contribution in [0.5, 0.6) is 0 Å². The molecule has 0 aromatic carbocycles. The van der Waals surface area contributed by atoms with E-state index in [1.54, 1.807) is 7.05 Å². The van der Waals surface area contributed by atoms with Gasteiger partial charge < -0.3 is 9.64 Å². The molecule has 2 aliphatic heterocycles. The first-order valence-corrected chi connectivity index (χ1v) is 6.83. The van der Waals surface area contributed by atoms with Crippen LogP contribution >= 0.6 is 0 Å². The van der Waals surface area contributed by atoms with E-state index in [1.165, 1.54) is 5.01 Å². The Morgan fingerprint density at radius 2 is 2.32 bits per heavy atom. The molecule has 0 N–H and O–H groups in total. The number of amides is 2. The van der Waals surface area contributed by atoms with Crippen LogP contribution in [0.15, 0.2) is 5.10 Å². The fourth-order valence-corrected chi connectivity index (χ4v) is 2.40. The molecule has 2 aliphatic rings. The van der Waals surface area contributed by atoms with Crippen LogP contribution in [0.3, 0.4) is 0 Å². The van der Waals surface area contributed by atoms with Crippen molar-refractivity contribution in [1.29, 1.82) is 0 Å². The molecule has 0 bridgehead atoms. The van der Waals surface area contributed by atoms with Crippen LogP contribution < -0.4 is 0 Å². The molecule has 0 unspecified atom stereocenters. The standard InChI is InChI=1S/C13H21N3O3/c1-3-16(8-10-6-7-19-9-10)13(18)11-4-5-12(17)15(2)14-11/h10H,3-9H2,1-2H3/t10-/m0/s1. The fourth-order valence-electron chi connectivity index (χ4n) is 2.40. The average Bonchev–Trinajstić information content (AvgIpc) is 2.91. The molecule has 1 atom stereocenters. The maximum Gasteiger partial charge on any atom is 0.270 e. The SMILES string of the molecule is CCN(C[C@@H]1CCOC1)C(=O)C1=NN(C)C(=O)CC1. The quantitative estimate of drug-likeness (QED) is 0.744. The molecule has 1 fully saturated rings. The van der Waals surface area contributed by atoms with E-state index in [2.05, 4.69) is 5.10 Å². The third-order valence-electron chi connectivity index (χ3n) is 3.63. The highest BCUT2D eigenvalue weighted by Gasteiger charge is 2.27. The number of nitrogens with zero attached hydrogens (tertiary/aromatic N) is 3. The highest BCUT2D eigenvalue weighted by molar-refractivity contribution is 6.39. The maximum atomic E-state index is 12.4. The molecule has 2 amide bonds. The molecule has 0 saturated carbocycles. The summed E-state index contributed by atoms with van der Waals surface area (Å²) in [6.07, 6.45) is 1.82. The number of hydrogen-bond donors (Lipinski definition) is 0. The Morgan fingerprint density at radius 3 is 2.89 bits per heavy atom. The molecular weight excluding hydrogens is 246 g/mol.